The lowest BCUT2D eigenvalue weighted by molar-refractivity contribution is -0.121. The van der Waals surface area contributed by atoms with Crippen molar-refractivity contribution in [2.45, 2.75) is 23.7 Å². The number of aliphatic hydroxyl groups excluding tert-OH is 1. The van der Waals surface area contributed by atoms with Crippen LogP contribution in [-0.4, -0.2) is 28.0 Å². The first-order valence-corrected chi connectivity index (χ1v) is 4.50. The Hall–Kier alpha value is 0.01000. The highest BCUT2D eigenvalue weighted by atomic mass is 35.5. The number of amides is 1. The highest BCUT2D eigenvalue weighted by molar-refractivity contribution is 6.57. The Bertz CT molecular complexity index is 190. The van der Waals surface area contributed by atoms with Crippen LogP contribution in [0.5, 0.6) is 0 Å². The molecule has 0 saturated heterocycles. The Morgan fingerprint density at radius 1 is 1.75 bits per heavy atom. The van der Waals surface area contributed by atoms with Crippen LogP contribution in [0.3, 0.4) is 0 Å². The minimum atomic E-state index is -1.37. The van der Waals surface area contributed by atoms with Crippen LogP contribution < -0.4 is 5.32 Å². The number of hydrogen-bond acceptors (Lipinski definition) is 2. The lowest BCUT2D eigenvalue weighted by atomic mass is 10.4. The lowest BCUT2D eigenvalue weighted by Crippen LogP contribution is -2.38. The maximum absolute atomic E-state index is 11.1. The second-order valence-electron chi connectivity index (χ2n) is 3.15. The molecule has 0 aromatic rings. The third-order valence-electron chi connectivity index (χ3n) is 1.87. The van der Waals surface area contributed by atoms with E-state index in [4.69, 9.17) is 28.3 Å². The highest BCUT2D eigenvalue weighted by Crippen LogP contribution is 2.31. The molecule has 0 spiro atoms. The largest absolute Gasteiger partial charge is 0.396 e. The number of rotatable bonds is 3. The minimum Gasteiger partial charge on any atom is -0.396 e. The number of hydrogen-bond donors (Lipinski definition) is 2. The number of aliphatic hydroxyl groups is 1. The molecule has 2 atom stereocenters. The Morgan fingerprint density at radius 3 is 2.67 bits per heavy atom. The zero-order valence-corrected chi connectivity index (χ0v) is 8.19. The Morgan fingerprint density at radius 2 is 2.33 bits per heavy atom. The molecule has 0 aromatic heterocycles. The van der Waals surface area contributed by atoms with Crippen molar-refractivity contribution in [2.24, 2.45) is 5.92 Å². The van der Waals surface area contributed by atoms with E-state index in [2.05, 4.69) is 5.32 Å². The fourth-order valence-corrected chi connectivity index (χ4v) is 1.03. The first-order valence-electron chi connectivity index (χ1n) is 3.75. The Balaban J connectivity index is 2.30. The molecule has 12 heavy (non-hydrogen) atoms. The number of carbonyl (C=O) groups excluding carboxylic acids is 1. The van der Waals surface area contributed by atoms with Gasteiger partial charge in [-0.25, -0.2) is 0 Å². The van der Waals surface area contributed by atoms with Crippen LogP contribution in [0.2, 0.25) is 0 Å². The molecule has 3 nitrogen and oxygen atoms in total. The predicted molar refractivity (Wildman–Crippen MR) is 47.2 cm³/mol. The van der Waals surface area contributed by atoms with E-state index in [1.54, 1.807) is 0 Å². The van der Waals surface area contributed by atoms with Gasteiger partial charge in [-0.05, 0) is 13.3 Å². The summed E-state index contributed by atoms with van der Waals surface area (Å²) < 4.78 is -1.37. The monoisotopic (exact) mass is 211 g/mol. The van der Waals surface area contributed by atoms with Gasteiger partial charge in [0, 0.05) is 18.6 Å². The molecule has 1 saturated carbocycles. The average molecular weight is 212 g/mol. The predicted octanol–water partition coefficient (Wildman–Crippen LogP) is 0.677. The summed E-state index contributed by atoms with van der Waals surface area (Å²) in [6.07, 6.45) is 0.812. The van der Waals surface area contributed by atoms with Crippen LogP contribution in [0.1, 0.15) is 13.3 Å². The van der Waals surface area contributed by atoms with Crippen LogP contribution in [0, 0.1) is 5.92 Å². The summed E-state index contributed by atoms with van der Waals surface area (Å²) in [6.45, 7) is 1.52. The Kier molecular flexibility index (Phi) is 2.86. The van der Waals surface area contributed by atoms with E-state index in [0.717, 1.165) is 6.42 Å². The molecular weight excluding hydrogens is 201 g/mol. The van der Waals surface area contributed by atoms with Crippen LogP contribution in [0.25, 0.3) is 0 Å². The van der Waals surface area contributed by atoms with Gasteiger partial charge in [0.05, 0.1) is 0 Å². The van der Waals surface area contributed by atoms with Gasteiger partial charge < -0.3 is 10.4 Å². The smallest absolute Gasteiger partial charge is 0.256 e. The van der Waals surface area contributed by atoms with Crippen molar-refractivity contribution in [1.82, 2.24) is 5.32 Å². The molecule has 0 radical (unpaired) electrons. The normalized spacial score (nSPS) is 28.3. The van der Waals surface area contributed by atoms with Crippen molar-refractivity contribution >= 4 is 29.1 Å². The van der Waals surface area contributed by atoms with Gasteiger partial charge in [-0.3, -0.25) is 4.79 Å². The summed E-state index contributed by atoms with van der Waals surface area (Å²) in [5, 5.41) is 11.3. The zero-order valence-electron chi connectivity index (χ0n) is 6.68. The van der Waals surface area contributed by atoms with Gasteiger partial charge in [0.15, 0.2) is 4.33 Å². The molecule has 0 heterocycles. The highest BCUT2D eigenvalue weighted by Gasteiger charge is 2.40. The van der Waals surface area contributed by atoms with Crippen molar-refractivity contribution in [3.05, 3.63) is 0 Å². The van der Waals surface area contributed by atoms with Crippen LogP contribution >= 0.6 is 23.2 Å². The van der Waals surface area contributed by atoms with Gasteiger partial charge >= 0.3 is 0 Å². The maximum Gasteiger partial charge on any atom is 0.256 e. The van der Waals surface area contributed by atoms with Gasteiger partial charge in [0.2, 0.25) is 0 Å². The molecule has 0 unspecified atom stereocenters. The van der Waals surface area contributed by atoms with E-state index >= 15 is 0 Å². The van der Waals surface area contributed by atoms with Crippen molar-refractivity contribution in [3.8, 4) is 0 Å². The molecular formula is C7H11Cl2NO2. The molecule has 1 rings (SSSR count). The summed E-state index contributed by atoms with van der Waals surface area (Å²) in [6, 6.07) is 0.0549. The number of alkyl halides is 2. The van der Waals surface area contributed by atoms with Gasteiger partial charge in [-0.1, -0.05) is 23.2 Å². The van der Waals surface area contributed by atoms with E-state index in [1.165, 1.54) is 6.92 Å². The number of carbonyl (C=O) groups is 1. The fourth-order valence-electron chi connectivity index (χ4n) is 0.921. The summed E-state index contributed by atoms with van der Waals surface area (Å²) in [7, 11) is 0. The Labute approximate surface area is 81.0 Å². The van der Waals surface area contributed by atoms with Crippen LogP contribution in [0.15, 0.2) is 0 Å². The molecule has 1 fully saturated rings. The van der Waals surface area contributed by atoms with Crippen molar-refractivity contribution in [2.75, 3.05) is 6.61 Å². The topological polar surface area (TPSA) is 49.3 Å². The molecule has 0 aliphatic heterocycles. The quantitative estimate of drug-likeness (QED) is 0.675. The van der Waals surface area contributed by atoms with E-state index in [-0.39, 0.29) is 18.6 Å². The van der Waals surface area contributed by atoms with Crippen LogP contribution in [-0.2, 0) is 4.79 Å². The molecule has 2 N–H and O–H groups in total. The molecule has 70 valence electrons. The van der Waals surface area contributed by atoms with Gasteiger partial charge in [-0.2, -0.15) is 0 Å². The average Bonchev–Trinajstić information content (AvgIpc) is 2.65. The van der Waals surface area contributed by atoms with E-state index < -0.39 is 10.2 Å². The summed E-state index contributed by atoms with van der Waals surface area (Å²) in [4.78, 5) is 11.1. The van der Waals surface area contributed by atoms with E-state index in [0.29, 0.717) is 0 Å². The lowest BCUT2D eigenvalue weighted by Gasteiger charge is -2.12. The molecule has 1 amide bonds. The second kappa shape index (κ2) is 3.40. The molecule has 1 aliphatic rings. The van der Waals surface area contributed by atoms with Crippen LogP contribution in [0.4, 0.5) is 0 Å². The first-order chi connectivity index (χ1) is 5.45. The summed E-state index contributed by atoms with van der Waals surface area (Å²) >= 11 is 11.1. The molecule has 5 heteroatoms. The van der Waals surface area contributed by atoms with Crippen molar-refractivity contribution in [3.63, 3.8) is 0 Å². The van der Waals surface area contributed by atoms with Crippen molar-refractivity contribution in [1.29, 1.82) is 0 Å². The van der Waals surface area contributed by atoms with E-state index in [9.17, 15) is 4.79 Å². The zero-order chi connectivity index (χ0) is 9.35. The van der Waals surface area contributed by atoms with Gasteiger partial charge in [0.1, 0.15) is 0 Å². The molecule has 0 aromatic carbocycles. The summed E-state index contributed by atoms with van der Waals surface area (Å²) in [5.74, 6) is -0.212. The third-order valence-corrected chi connectivity index (χ3v) is 2.22. The maximum atomic E-state index is 11.1. The fraction of sp³-hybridized carbons (Fsp3) is 0.857. The number of nitrogens with one attached hydrogen (secondary N) is 1. The molecule has 1 aliphatic carbocycles. The SMILES string of the molecule is CC(Cl)(Cl)C(=O)N[C@@H]1C[C@H]1CO. The standard InChI is InChI=1S/C7H11Cl2NO2/c1-7(8,9)6(12)10-5-2-4(5)3-11/h4-5,11H,2-3H2,1H3,(H,10,12)/t4-,5+/m0/s1. The minimum absolute atomic E-state index is 0.0549. The summed E-state index contributed by atoms with van der Waals surface area (Å²) in [5.41, 5.74) is 0. The van der Waals surface area contributed by atoms with Gasteiger partial charge in [0.25, 0.3) is 5.91 Å². The van der Waals surface area contributed by atoms with E-state index in [1.807, 2.05) is 0 Å². The molecule has 0 bridgehead atoms. The second-order valence-corrected chi connectivity index (χ2v) is 4.85. The van der Waals surface area contributed by atoms with Gasteiger partial charge in [-0.15, -0.1) is 0 Å². The third kappa shape index (κ3) is 2.51. The number of halogens is 2. The first kappa shape index (κ1) is 10.1. The van der Waals surface area contributed by atoms with Crippen molar-refractivity contribution < 1.29 is 9.90 Å².